The van der Waals surface area contributed by atoms with Crippen LogP contribution in [0.3, 0.4) is 0 Å². The summed E-state index contributed by atoms with van der Waals surface area (Å²) >= 11 is 1.83. The summed E-state index contributed by atoms with van der Waals surface area (Å²) in [6.45, 7) is 0. The second kappa shape index (κ2) is 13.2. The first-order valence-corrected chi connectivity index (χ1v) is 19.3. The van der Waals surface area contributed by atoms with Gasteiger partial charge in [-0.25, -0.2) is 19.9 Å². The molecule has 0 spiro atoms. The second-order valence-electron chi connectivity index (χ2n) is 13.8. The van der Waals surface area contributed by atoms with E-state index in [9.17, 15) is 0 Å². The summed E-state index contributed by atoms with van der Waals surface area (Å²) in [4.78, 5) is 19.7. The third-order valence-corrected chi connectivity index (χ3v) is 11.6. The molecule has 0 saturated carbocycles. The van der Waals surface area contributed by atoms with Crippen molar-refractivity contribution in [3.05, 3.63) is 182 Å². The third-order valence-electron chi connectivity index (χ3n) is 10.4. The van der Waals surface area contributed by atoms with Crippen molar-refractivity contribution in [1.29, 1.82) is 0 Å². The molecule has 6 heteroatoms. The lowest BCUT2D eigenvalue weighted by atomic mass is 9.95. The Labute approximate surface area is 326 Å². The monoisotopic (exact) mass is 734 g/mol. The largest absolute Gasteiger partial charge is 0.455 e. The van der Waals surface area contributed by atoms with E-state index < -0.39 is 0 Å². The Bertz CT molecular complexity index is 3230. The van der Waals surface area contributed by atoms with E-state index in [1.807, 2.05) is 84.4 Å². The van der Waals surface area contributed by atoms with E-state index in [1.54, 1.807) is 0 Å². The normalized spacial score (nSPS) is 11.6. The zero-order valence-corrected chi connectivity index (χ0v) is 30.7. The Balaban J connectivity index is 1.04. The predicted octanol–water partition coefficient (Wildman–Crippen LogP) is 13.5. The highest BCUT2D eigenvalue weighted by Gasteiger charge is 2.20. The lowest BCUT2D eigenvalue weighted by Crippen LogP contribution is -1.96. The fourth-order valence-electron chi connectivity index (χ4n) is 7.66. The van der Waals surface area contributed by atoms with E-state index in [0.717, 1.165) is 77.8 Å². The van der Waals surface area contributed by atoms with Gasteiger partial charge in [0.05, 0.1) is 11.4 Å². The first-order chi connectivity index (χ1) is 27.7. The van der Waals surface area contributed by atoms with Gasteiger partial charge < -0.3 is 4.42 Å². The van der Waals surface area contributed by atoms with E-state index in [0.29, 0.717) is 11.6 Å². The zero-order chi connectivity index (χ0) is 37.0. The summed E-state index contributed by atoms with van der Waals surface area (Å²) in [6, 6.07) is 58.7. The van der Waals surface area contributed by atoms with Crippen LogP contribution in [0.25, 0.3) is 110 Å². The van der Waals surface area contributed by atoms with E-state index in [1.165, 1.54) is 20.2 Å². The highest BCUT2D eigenvalue weighted by Crippen LogP contribution is 2.44. The molecule has 11 rings (SSSR count). The SMILES string of the molecule is c1ccc(-c2cc(-c3ccc(-c4ccc5c(c4)sc4ccccc45)c4oc5ccccc5c34)nc(-c3ccc(-c4cnc(-c5ccccc5)nc4)cc3)n2)cc1. The first kappa shape index (κ1) is 32.2. The predicted molar refractivity (Wildman–Crippen MR) is 230 cm³/mol. The van der Waals surface area contributed by atoms with Gasteiger partial charge in [-0.05, 0) is 41.5 Å². The smallest absolute Gasteiger partial charge is 0.160 e. The van der Waals surface area contributed by atoms with Crippen molar-refractivity contribution in [2.45, 2.75) is 0 Å². The summed E-state index contributed by atoms with van der Waals surface area (Å²) in [5.74, 6) is 1.35. The number of nitrogens with zero attached hydrogens (tertiary/aromatic N) is 4. The number of hydrogen-bond acceptors (Lipinski definition) is 6. The molecule has 56 heavy (non-hydrogen) atoms. The number of fused-ring (bicyclic) bond motifs is 6. The van der Waals surface area contributed by atoms with Gasteiger partial charge >= 0.3 is 0 Å². The topological polar surface area (TPSA) is 64.7 Å². The Morgan fingerprint density at radius 1 is 0.393 bits per heavy atom. The lowest BCUT2D eigenvalue weighted by molar-refractivity contribution is 0.670. The highest BCUT2D eigenvalue weighted by atomic mass is 32.1. The molecule has 0 radical (unpaired) electrons. The third kappa shape index (κ3) is 5.54. The summed E-state index contributed by atoms with van der Waals surface area (Å²) in [6.07, 6.45) is 3.75. The van der Waals surface area contributed by atoms with Gasteiger partial charge in [0.2, 0.25) is 0 Å². The van der Waals surface area contributed by atoms with Gasteiger partial charge in [0.15, 0.2) is 11.6 Å². The summed E-state index contributed by atoms with van der Waals surface area (Å²) < 4.78 is 9.29. The standard InChI is InChI=1S/C50H30N4OS/c1-3-11-32(12-4-1)42-28-43(54-50(53-42)34-21-19-31(20-22-34)36-29-51-49(52-30-36)33-13-5-2-6-14-33)40-26-25-37(48-47(40)41-16-7-9-17-44(41)55-48)35-23-24-39-38-15-8-10-18-45(38)56-46(39)27-35/h1-30H. The molecule has 4 heterocycles. The van der Waals surface area contributed by atoms with Crippen LogP contribution in [-0.2, 0) is 0 Å². The molecule has 0 aliphatic heterocycles. The number of furan rings is 1. The number of thiophene rings is 1. The van der Waals surface area contributed by atoms with Gasteiger partial charge in [-0.2, -0.15) is 0 Å². The van der Waals surface area contributed by atoms with Gasteiger partial charge in [-0.1, -0.05) is 140 Å². The van der Waals surface area contributed by atoms with E-state index in [2.05, 4.69) is 119 Å². The maximum atomic E-state index is 6.74. The van der Waals surface area contributed by atoms with Crippen LogP contribution < -0.4 is 0 Å². The Morgan fingerprint density at radius 2 is 1.00 bits per heavy atom. The Kier molecular flexibility index (Phi) is 7.60. The van der Waals surface area contributed by atoms with Crippen LogP contribution in [0.1, 0.15) is 0 Å². The van der Waals surface area contributed by atoms with Crippen molar-refractivity contribution in [1.82, 2.24) is 19.9 Å². The summed E-state index contributed by atoms with van der Waals surface area (Å²) in [5, 5.41) is 4.65. The molecule has 0 aliphatic rings. The number of benzene rings is 7. The van der Waals surface area contributed by atoms with Crippen molar-refractivity contribution in [2.75, 3.05) is 0 Å². The number of hydrogen-bond donors (Lipinski definition) is 0. The molecule has 5 nitrogen and oxygen atoms in total. The molecule has 0 atom stereocenters. The van der Waals surface area contributed by atoms with E-state index in [-0.39, 0.29) is 0 Å². The molecule has 0 unspecified atom stereocenters. The minimum atomic E-state index is 0.642. The molecule has 11 aromatic rings. The maximum Gasteiger partial charge on any atom is 0.160 e. The number of para-hydroxylation sites is 1. The molecule has 262 valence electrons. The van der Waals surface area contributed by atoms with Crippen LogP contribution in [0.5, 0.6) is 0 Å². The molecule has 4 aromatic heterocycles. The molecule has 0 fully saturated rings. The van der Waals surface area contributed by atoms with Crippen molar-refractivity contribution in [2.24, 2.45) is 0 Å². The van der Waals surface area contributed by atoms with Gasteiger partial charge in [-0.15, -0.1) is 11.3 Å². The molecular formula is C50H30N4OS. The lowest BCUT2D eigenvalue weighted by Gasteiger charge is -2.12. The second-order valence-corrected chi connectivity index (χ2v) is 14.9. The number of rotatable bonds is 6. The van der Waals surface area contributed by atoms with Gasteiger partial charge in [0, 0.05) is 76.7 Å². The minimum absolute atomic E-state index is 0.642. The van der Waals surface area contributed by atoms with Crippen LogP contribution in [0.4, 0.5) is 0 Å². The van der Waals surface area contributed by atoms with E-state index >= 15 is 0 Å². The molecule has 0 bridgehead atoms. The molecule has 7 aromatic carbocycles. The maximum absolute atomic E-state index is 6.74. The van der Waals surface area contributed by atoms with Gasteiger partial charge in [0.1, 0.15) is 11.2 Å². The van der Waals surface area contributed by atoms with Crippen LogP contribution in [0.15, 0.2) is 187 Å². The Morgan fingerprint density at radius 3 is 1.80 bits per heavy atom. The molecule has 0 saturated heterocycles. The van der Waals surface area contributed by atoms with Crippen LogP contribution >= 0.6 is 11.3 Å². The first-order valence-electron chi connectivity index (χ1n) is 18.5. The molecule has 0 amide bonds. The fraction of sp³-hybridized carbons (Fsp3) is 0. The molecular weight excluding hydrogens is 705 g/mol. The van der Waals surface area contributed by atoms with Crippen molar-refractivity contribution in [3.8, 4) is 67.5 Å². The van der Waals surface area contributed by atoms with E-state index in [4.69, 9.17) is 14.4 Å². The quantitative estimate of drug-likeness (QED) is 0.170. The zero-order valence-electron chi connectivity index (χ0n) is 29.9. The average Bonchev–Trinajstić information content (AvgIpc) is 3.85. The van der Waals surface area contributed by atoms with Crippen molar-refractivity contribution < 1.29 is 4.42 Å². The highest BCUT2D eigenvalue weighted by molar-refractivity contribution is 7.25. The van der Waals surface area contributed by atoms with Crippen LogP contribution in [0, 0.1) is 0 Å². The van der Waals surface area contributed by atoms with Crippen molar-refractivity contribution in [3.63, 3.8) is 0 Å². The van der Waals surface area contributed by atoms with Crippen molar-refractivity contribution >= 4 is 53.4 Å². The molecule has 0 aliphatic carbocycles. The average molecular weight is 735 g/mol. The Hall–Kier alpha value is -7.28. The van der Waals surface area contributed by atoms with Gasteiger partial charge in [0.25, 0.3) is 0 Å². The number of aromatic nitrogens is 4. The molecule has 0 N–H and O–H groups in total. The summed E-state index contributed by atoms with van der Waals surface area (Å²) in [7, 11) is 0. The van der Waals surface area contributed by atoms with Crippen LogP contribution in [-0.4, -0.2) is 19.9 Å². The van der Waals surface area contributed by atoms with Crippen LogP contribution in [0.2, 0.25) is 0 Å². The fourth-order valence-corrected chi connectivity index (χ4v) is 8.80. The van der Waals surface area contributed by atoms with Gasteiger partial charge in [-0.3, -0.25) is 0 Å². The minimum Gasteiger partial charge on any atom is -0.455 e. The summed E-state index contributed by atoms with van der Waals surface area (Å²) in [5.41, 5.74) is 11.4.